The summed E-state index contributed by atoms with van der Waals surface area (Å²) < 4.78 is 5.96. The van der Waals surface area contributed by atoms with Crippen LogP contribution >= 0.6 is 0 Å². The van der Waals surface area contributed by atoms with Crippen LogP contribution in [0.1, 0.15) is 35.7 Å². The van der Waals surface area contributed by atoms with E-state index in [9.17, 15) is 15.0 Å². The lowest BCUT2D eigenvalue weighted by atomic mass is 9.98. The number of likely N-dealkylation sites (tertiary alicyclic amines) is 1. The van der Waals surface area contributed by atoms with Crippen LogP contribution in [0.15, 0.2) is 36.4 Å². The van der Waals surface area contributed by atoms with Gasteiger partial charge in [0, 0.05) is 36.0 Å². The molecule has 148 valence electrons. The van der Waals surface area contributed by atoms with Gasteiger partial charge in [-0.3, -0.25) is 4.79 Å². The van der Waals surface area contributed by atoms with Crippen LogP contribution in [0.3, 0.4) is 0 Å². The minimum absolute atomic E-state index is 0.156. The Bertz CT molecular complexity index is 897. The van der Waals surface area contributed by atoms with E-state index in [1.165, 1.54) is 18.2 Å². The maximum Gasteiger partial charge on any atom is 0.254 e. The molecule has 1 saturated heterocycles. The van der Waals surface area contributed by atoms with E-state index in [-0.39, 0.29) is 23.3 Å². The number of nitrogens with two attached hydrogens (primary N) is 1. The minimum atomic E-state index is -0.307. The number of nitrogen functional groups attached to an aromatic ring is 1. The maximum absolute atomic E-state index is 12.7. The standard InChI is InChI=1S/C21H25N3O4/c1-13(22)20-16(23)5-2-6-19(20)28-12-14-4-3-9-24(11-14)21(27)15-7-8-17(25)18(26)10-15/h2,5-8,10,14,22,25-26H,3-4,9,11-12,23H2,1H3. The molecule has 2 aromatic carbocycles. The van der Waals surface area contributed by atoms with Crippen LogP contribution in [0.4, 0.5) is 5.69 Å². The molecular formula is C21H25N3O4. The molecule has 1 aliphatic rings. The Kier molecular flexibility index (Phi) is 5.73. The Morgan fingerprint density at radius 2 is 2.07 bits per heavy atom. The SMILES string of the molecule is CC(=N)c1c(N)cccc1OCC1CCCN(C(=O)c2ccc(O)c(O)c2)C1. The van der Waals surface area contributed by atoms with E-state index in [2.05, 4.69) is 0 Å². The highest BCUT2D eigenvalue weighted by Gasteiger charge is 2.26. The number of nitrogens with zero attached hydrogens (tertiary/aromatic N) is 1. The van der Waals surface area contributed by atoms with Crippen molar-refractivity contribution in [2.24, 2.45) is 5.92 Å². The molecule has 3 rings (SSSR count). The number of amides is 1. The normalized spacial score (nSPS) is 16.6. The summed E-state index contributed by atoms with van der Waals surface area (Å²) in [7, 11) is 0. The van der Waals surface area contributed by atoms with Gasteiger partial charge in [-0.25, -0.2) is 0 Å². The molecule has 28 heavy (non-hydrogen) atoms. The summed E-state index contributed by atoms with van der Waals surface area (Å²) in [5, 5.41) is 27.0. The number of nitrogens with one attached hydrogen (secondary N) is 1. The van der Waals surface area contributed by atoms with Crippen LogP contribution in [0.5, 0.6) is 17.2 Å². The zero-order valence-corrected chi connectivity index (χ0v) is 15.8. The van der Waals surface area contributed by atoms with Gasteiger partial charge in [0.25, 0.3) is 5.91 Å². The van der Waals surface area contributed by atoms with Crippen LogP contribution < -0.4 is 10.5 Å². The van der Waals surface area contributed by atoms with Crippen molar-refractivity contribution < 1.29 is 19.7 Å². The van der Waals surface area contributed by atoms with Gasteiger partial charge in [0.1, 0.15) is 5.75 Å². The first-order valence-corrected chi connectivity index (χ1v) is 9.25. The van der Waals surface area contributed by atoms with E-state index in [1.54, 1.807) is 30.0 Å². The van der Waals surface area contributed by atoms with Crippen LogP contribution in [0.25, 0.3) is 0 Å². The summed E-state index contributed by atoms with van der Waals surface area (Å²) in [6.45, 7) is 3.28. The second-order valence-electron chi connectivity index (χ2n) is 7.12. The number of hydrogen-bond donors (Lipinski definition) is 4. The summed E-state index contributed by atoms with van der Waals surface area (Å²) in [5.41, 5.74) is 7.77. The van der Waals surface area contributed by atoms with Crippen molar-refractivity contribution >= 4 is 17.3 Å². The third-order valence-electron chi connectivity index (χ3n) is 4.94. The maximum atomic E-state index is 12.7. The van der Waals surface area contributed by atoms with Crippen molar-refractivity contribution in [3.05, 3.63) is 47.5 Å². The first-order chi connectivity index (χ1) is 13.4. The molecule has 1 heterocycles. The van der Waals surface area contributed by atoms with Crippen molar-refractivity contribution in [3.8, 4) is 17.2 Å². The van der Waals surface area contributed by atoms with Crippen LogP contribution in [-0.4, -0.2) is 46.4 Å². The highest BCUT2D eigenvalue weighted by atomic mass is 16.5. The summed E-state index contributed by atoms with van der Waals surface area (Å²) in [4.78, 5) is 14.5. The van der Waals surface area contributed by atoms with E-state index in [0.29, 0.717) is 48.0 Å². The van der Waals surface area contributed by atoms with Crippen LogP contribution in [-0.2, 0) is 0 Å². The van der Waals surface area contributed by atoms with Gasteiger partial charge >= 0.3 is 0 Å². The van der Waals surface area contributed by atoms with E-state index >= 15 is 0 Å². The van der Waals surface area contributed by atoms with E-state index in [4.69, 9.17) is 15.9 Å². The number of rotatable bonds is 5. The Morgan fingerprint density at radius 3 is 2.79 bits per heavy atom. The first-order valence-electron chi connectivity index (χ1n) is 9.25. The molecule has 0 aliphatic carbocycles. The van der Waals surface area contributed by atoms with Gasteiger partial charge in [-0.05, 0) is 50.1 Å². The first kappa shape index (κ1) is 19.5. The second-order valence-corrected chi connectivity index (χ2v) is 7.12. The largest absolute Gasteiger partial charge is 0.504 e. The predicted octanol–water partition coefficient (Wildman–Crippen LogP) is 3.00. The molecule has 7 heteroatoms. The number of ether oxygens (including phenoxy) is 1. The zero-order valence-electron chi connectivity index (χ0n) is 15.8. The molecule has 1 unspecified atom stereocenters. The predicted molar refractivity (Wildman–Crippen MR) is 107 cm³/mol. The van der Waals surface area contributed by atoms with E-state index < -0.39 is 0 Å². The third-order valence-corrected chi connectivity index (χ3v) is 4.94. The number of hydrogen-bond acceptors (Lipinski definition) is 6. The molecule has 1 atom stereocenters. The quantitative estimate of drug-likeness (QED) is 0.359. The Hall–Kier alpha value is -3.22. The Balaban J connectivity index is 1.66. The smallest absolute Gasteiger partial charge is 0.254 e. The fraction of sp³-hybridized carbons (Fsp3) is 0.333. The number of piperidine rings is 1. The number of phenols is 2. The summed E-state index contributed by atoms with van der Waals surface area (Å²) in [5.74, 6) is 0.00275. The lowest BCUT2D eigenvalue weighted by molar-refractivity contribution is 0.0633. The number of phenolic OH excluding ortho intramolecular Hbond substituents is 2. The zero-order chi connectivity index (χ0) is 20.3. The minimum Gasteiger partial charge on any atom is -0.504 e. The average Bonchev–Trinajstić information content (AvgIpc) is 2.68. The highest BCUT2D eigenvalue weighted by molar-refractivity contribution is 6.03. The number of carbonyl (C=O) groups is 1. The van der Waals surface area contributed by atoms with Gasteiger partial charge in [0.2, 0.25) is 0 Å². The highest BCUT2D eigenvalue weighted by Crippen LogP contribution is 2.28. The molecule has 2 aromatic rings. The fourth-order valence-electron chi connectivity index (χ4n) is 3.50. The van der Waals surface area contributed by atoms with Crippen molar-refractivity contribution in [3.63, 3.8) is 0 Å². The topological polar surface area (TPSA) is 120 Å². The van der Waals surface area contributed by atoms with Crippen molar-refractivity contribution in [1.29, 1.82) is 5.41 Å². The van der Waals surface area contributed by atoms with Gasteiger partial charge < -0.3 is 31.0 Å². The number of benzene rings is 2. The molecule has 7 nitrogen and oxygen atoms in total. The monoisotopic (exact) mass is 383 g/mol. The van der Waals surface area contributed by atoms with Crippen molar-refractivity contribution in [1.82, 2.24) is 4.90 Å². The second kappa shape index (κ2) is 8.21. The molecule has 0 bridgehead atoms. The molecule has 1 amide bonds. The lowest BCUT2D eigenvalue weighted by Crippen LogP contribution is -2.41. The summed E-state index contributed by atoms with van der Waals surface area (Å²) in [6, 6.07) is 9.44. The Morgan fingerprint density at radius 1 is 1.29 bits per heavy atom. The molecule has 0 aromatic heterocycles. The number of carbonyl (C=O) groups excluding carboxylic acids is 1. The molecule has 0 spiro atoms. The van der Waals surface area contributed by atoms with Gasteiger partial charge in [0.15, 0.2) is 11.5 Å². The molecule has 0 radical (unpaired) electrons. The molecule has 5 N–H and O–H groups in total. The Labute approximate surface area is 163 Å². The van der Waals surface area contributed by atoms with Gasteiger partial charge in [-0.1, -0.05) is 6.07 Å². The number of anilines is 1. The van der Waals surface area contributed by atoms with Crippen LogP contribution in [0, 0.1) is 11.3 Å². The molecular weight excluding hydrogens is 358 g/mol. The summed E-state index contributed by atoms with van der Waals surface area (Å²) >= 11 is 0. The van der Waals surface area contributed by atoms with Crippen LogP contribution in [0.2, 0.25) is 0 Å². The fourth-order valence-corrected chi connectivity index (χ4v) is 3.50. The third kappa shape index (κ3) is 4.19. The molecule has 0 saturated carbocycles. The van der Waals surface area contributed by atoms with Gasteiger partial charge in [-0.15, -0.1) is 0 Å². The molecule has 1 fully saturated rings. The summed E-state index contributed by atoms with van der Waals surface area (Å²) in [6.07, 6.45) is 1.79. The number of aromatic hydroxyl groups is 2. The van der Waals surface area contributed by atoms with Gasteiger partial charge in [0.05, 0.1) is 12.2 Å². The average molecular weight is 383 g/mol. The van der Waals surface area contributed by atoms with Crippen molar-refractivity contribution in [2.45, 2.75) is 19.8 Å². The van der Waals surface area contributed by atoms with Gasteiger partial charge in [-0.2, -0.15) is 0 Å². The van der Waals surface area contributed by atoms with E-state index in [0.717, 1.165) is 12.8 Å². The molecule has 1 aliphatic heterocycles. The van der Waals surface area contributed by atoms with E-state index in [1.807, 2.05) is 0 Å². The van der Waals surface area contributed by atoms with Crippen molar-refractivity contribution in [2.75, 3.05) is 25.4 Å². The lowest BCUT2D eigenvalue weighted by Gasteiger charge is -2.33.